The van der Waals surface area contributed by atoms with Crippen molar-refractivity contribution in [2.45, 2.75) is 26.7 Å². The van der Waals surface area contributed by atoms with E-state index in [-0.39, 0.29) is 6.42 Å². The van der Waals surface area contributed by atoms with Crippen molar-refractivity contribution in [3.8, 4) is 0 Å². The number of aliphatic carboxylic acids is 1. The van der Waals surface area contributed by atoms with Crippen LogP contribution < -0.4 is 10.2 Å². The maximum absolute atomic E-state index is 10.7. The van der Waals surface area contributed by atoms with Crippen molar-refractivity contribution in [1.82, 2.24) is 0 Å². The largest absolute Gasteiger partial charge is 0.481 e. The highest BCUT2D eigenvalue weighted by molar-refractivity contribution is 5.76. The lowest BCUT2D eigenvalue weighted by molar-refractivity contribution is -0.136. The lowest BCUT2D eigenvalue weighted by Crippen LogP contribution is -2.26. The molecule has 0 saturated carbocycles. The van der Waals surface area contributed by atoms with Gasteiger partial charge in [0.1, 0.15) is 0 Å². The van der Waals surface area contributed by atoms with Crippen molar-refractivity contribution >= 4 is 17.3 Å². The first-order chi connectivity index (χ1) is 8.59. The van der Waals surface area contributed by atoms with Gasteiger partial charge in [-0.2, -0.15) is 0 Å². The van der Waals surface area contributed by atoms with Crippen LogP contribution in [0.15, 0.2) is 12.1 Å². The summed E-state index contributed by atoms with van der Waals surface area (Å²) in [6.07, 6.45) is 1.22. The van der Waals surface area contributed by atoms with Crippen molar-refractivity contribution < 1.29 is 9.90 Å². The van der Waals surface area contributed by atoms with E-state index in [0.717, 1.165) is 30.9 Å². The maximum atomic E-state index is 10.7. The van der Waals surface area contributed by atoms with Crippen LogP contribution in [0.4, 0.5) is 11.4 Å². The van der Waals surface area contributed by atoms with Gasteiger partial charge < -0.3 is 15.3 Å². The minimum absolute atomic E-state index is 0.187. The van der Waals surface area contributed by atoms with Crippen molar-refractivity contribution in [3.05, 3.63) is 23.3 Å². The quantitative estimate of drug-likeness (QED) is 0.862. The minimum Gasteiger partial charge on any atom is -0.481 e. The van der Waals surface area contributed by atoms with Gasteiger partial charge in [-0.25, -0.2) is 0 Å². The Morgan fingerprint density at radius 3 is 2.94 bits per heavy atom. The molecule has 0 atom stereocenters. The van der Waals surface area contributed by atoms with Gasteiger partial charge in [-0.3, -0.25) is 4.79 Å². The van der Waals surface area contributed by atoms with Crippen LogP contribution in [0.25, 0.3) is 0 Å². The second-order valence-electron chi connectivity index (χ2n) is 4.81. The van der Waals surface area contributed by atoms with E-state index in [1.54, 1.807) is 0 Å². The number of benzene rings is 1. The van der Waals surface area contributed by atoms with E-state index in [4.69, 9.17) is 5.11 Å². The molecule has 18 heavy (non-hydrogen) atoms. The Bertz CT molecular complexity index is 457. The van der Waals surface area contributed by atoms with Crippen molar-refractivity contribution in [2.24, 2.45) is 0 Å². The number of nitrogens with one attached hydrogen (secondary N) is 1. The molecule has 4 nitrogen and oxygen atoms in total. The topological polar surface area (TPSA) is 52.6 Å². The summed E-state index contributed by atoms with van der Waals surface area (Å²) in [6.45, 7) is 6.65. The second-order valence-corrected chi connectivity index (χ2v) is 4.81. The average Bonchev–Trinajstić information content (AvgIpc) is 2.54. The molecule has 1 heterocycles. The SMILES string of the molecule is Cc1ccc2c(c1C)NCCCN2CCC(=O)O. The Labute approximate surface area is 108 Å². The first kappa shape index (κ1) is 12.7. The highest BCUT2D eigenvalue weighted by Crippen LogP contribution is 2.33. The van der Waals surface area contributed by atoms with Gasteiger partial charge in [-0.05, 0) is 37.5 Å². The summed E-state index contributed by atoms with van der Waals surface area (Å²) in [5, 5.41) is 12.3. The third kappa shape index (κ3) is 2.58. The molecule has 0 spiro atoms. The molecule has 1 aliphatic heterocycles. The summed E-state index contributed by atoms with van der Waals surface area (Å²) >= 11 is 0. The smallest absolute Gasteiger partial charge is 0.305 e. The van der Waals surface area contributed by atoms with Gasteiger partial charge in [-0.1, -0.05) is 6.07 Å². The lowest BCUT2D eigenvalue weighted by atomic mass is 10.1. The lowest BCUT2D eigenvalue weighted by Gasteiger charge is -2.25. The van der Waals surface area contributed by atoms with Gasteiger partial charge in [0, 0.05) is 19.6 Å². The Kier molecular flexibility index (Phi) is 3.75. The molecule has 0 saturated heterocycles. The maximum Gasteiger partial charge on any atom is 0.305 e. The number of hydrogen-bond acceptors (Lipinski definition) is 3. The molecule has 0 aromatic heterocycles. The molecule has 1 aromatic carbocycles. The number of anilines is 2. The van der Waals surface area contributed by atoms with Gasteiger partial charge in [0.15, 0.2) is 0 Å². The average molecular weight is 248 g/mol. The molecule has 98 valence electrons. The molecule has 4 heteroatoms. The van der Waals surface area contributed by atoms with Crippen LogP contribution in [0.2, 0.25) is 0 Å². The number of aryl methyl sites for hydroxylation is 1. The first-order valence-electron chi connectivity index (χ1n) is 6.40. The molecule has 0 fully saturated rings. The van der Waals surface area contributed by atoms with Crippen LogP contribution in [-0.2, 0) is 4.79 Å². The molecule has 1 aliphatic rings. The molecule has 2 rings (SSSR count). The highest BCUT2D eigenvalue weighted by atomic mass is 16.4. The number of hydrogen-bond donors (Lipinski definition) is 2. The van der Waals surface area contributed by atoms with E-state index in [1.807, 2.05) is 0 Å². The third-order valence-electron chi connectivity index (χ3n) is 3.56. The summed E-state index contributed by atoms with van der Waals surface area (Å²) in [6, 6.07) is 4.20. The number of carboxylic acid groups (broad SMARTS) is 1. The minimum atomic E-state index is -0.738. The van der Waals surface area contributed by atoms with Gasteiger partial charge in [0.25, 0.3) is 0 Å². The Hall–Kier alpha value is -1.71. The fraction of sp³-hybridized carbons (Fsp3) is 0.500. The summed E-state index contributed by atoms with van der Waals surface area (Å²) in [5.74, 6) is -0.738. The molecule has 0 aliphatic carbocycles. The molecule has 1 aromatic rings. The standard InChI is InChI=1S/C14H20N2O2/c1-10-4-5-12-14(11(10)2)15-7-3-8-16(12)9-6-13(17)18/h4-5,15H,3,6-9H2,1-2H3,(H,17,18). The second kappa shape index (κ2) is 5.29. The summed E-state index contributed by atoms with van der Waals surface area (Å²) in [7, 11) is 0. The Morgan fingerprint density at radius 2 is 2.22 bits per heavy atom. The summed E-state index contributed by atoms with van der Waals surface area (Å²) < 4.78 is 0. The Balaban J connectivity index is 2.30. The third-order valence-corrected chi connectivity index (χ3v) is 3.56. The van der Waals surface area contributed by atoms with Crippen LogP contribution in [0.3, 0.4) is 0 Å². The van der Waals surface area contributed by atoms with Crippen LogP contribution >= 0.6 is 0 Å². The monoisotopic (exact) mass is 248 g/mol. The molecule has 0 amide bonds. The van der Waals surface area contributed by atoms with E-state index in [9.17, 15) is 4.79 Å². The van der Waals surface area contributed by atoms with Crippen LogP contribution in [-0.4, -0.2) is 30.7 Å². The number of rotatable bonds is 3. The fourth-order valence-electron chi connectivity index (χ4n) is 2.35. The van der Waals surface area contributed by atoms with Crippen LogP contribution in [0, 0.1) is 13.8 Å². The number of nitrogens with zero attached hydrogens (tertiary/aromatic N) is 1. The van der Waals surface area contributed by atoms with Crippen molar-refractivity contribution in [3.63, 3.8) is 0 Å². The predicted octanol–water partition coefficient (Wildman–Crippen LogP) is 2.40. The number of carbonyl (C=O) groups is 1. The van der Waals surface area contributed by atoms with Crippen LogP contribution in [0.5, 0.6) is 0 Å². The fourth-order valence-corrected chi connectivity index (χ4v) is 2.35. The molecule has 0 radical (unpaired) electrons. The summed E-state index contributed by atoms with van der Waals surface area (Å²) in [4.78, 5) is 12.9. The molecule has 0 bridgehead atoms. The molecular formula is C14H20N2O2. The van der Waals surface area contributed by atoms with E-state index < -0.39 is 5.97 Å². The zero-order valence-electron chi connectivity index (χ0n) is 11.0. The molecule has 0 unspecified atom stereocenters. The van der Waals surface area contributed by atoms with Gasteiger partial charge in [-0.15, -0.1) is 0 Å². The highest BCUT2D eigenvalue weighted by Gasteiger charge is 2.17. The van der Waals surface area contributed by atoms with Crippen molar-refractivity contribution in [2.75, 3.05) is 29.9 Å². The van der Waals surface area contributed by atoms with Gasteiger partial charge >= 0.3 is 5.97 Å². The molecular weight excluding hydrogens is 228 g/mol. The summed E-state index contributed by atoms with van der Waals surface area (Å²) in [5.41, 5.74) is 4.82. The zero-order chi connectivity index (χ0) is 13.1. The van der Waals surface area contributed by atoms with E-state index in [1.165, 1.54) is 11.1 Å². The van der Waals surface area contributed by atoms with Gasteiger partial charge in [0.2, 0.25) is 0 Å². The Morgan fingerprint density at radius 1 is 1.44 bits per heavy atom. The first-order valence-corrected chi connectivity index (χ1v) is 6.40. The van der Waals surface area contributed by atoms with Crippen LogP contribution in [0.1, 0.15) is 24.0 Å². The van der Waals surface area contributed by atoms with Crippen molar-refractivity contribution in [1.29, 1.82) is 0 Å². The predicted molar refractivity (Wildman–Crippen MR) is 73.5 cm³/mol. The number of fused-ring (bicyclic) bond motifs is 1. The van der Waals surface area contributed by atoms with Gasteiger partial charge in [0.05, 0.1) is 17.8 Å². The normalized spacial score (nSPS) is 14.7. The number of carboxylic acids is 1. The van der Waals surface area contributed by atoms with E-state index >= 15 is 0 Å². The molecule has 2 N–H and O–H groups in total. The zero-order valence-corrected chi connectivity index (χ0v) is 11.0. The van der Waals surface area contributed by atoms with E-state index in [0.29, 0.717) is 6.54 Å². The van der Waals surface area contributed by atoms with E-state index in [2.05, 4.69) is 36.2 Å².